The maximum atomic E-state index is 10.2. The fourth-order valence-electron chi connectivity index (χ4n) is 2.65. The van der Waals surface area contributed by atoms with Crippen LogP contribution in [-0.2, 0) is 12.8 Å². The summed E-state index contributed by atoms with van der Waals surface area (Å²) in [5.74, 6) is 0.0288. The Kier molecular flexibility index (Phi) is 5.87. The van der Waals surface area contributed by atoms with Gasteiger partial charge in [0.25, 0.3) is 0 Å². The first kappa shape index (κ1) is 18.0. The Labute approximate surface area is 157 Å². The third kappa shape index (κ3) is 4.83. The van der Waals surface area contributed by atoms with Crippen LogP contribution in [0.1, 0.15) is 16.8 Å². The van der Waals surface area contributed by atoms with Gasteiger partial charge in [0.05, 0.1) is 5.71 Å². The van der Waals surface area contributed by atoms with E-state index in [-0.39, 0.29) is 11.5 Å². The molecule has 0 aliphatic heterocycles. The van der Waals surface area contributed by atoms with E-state index >= 15 is 0 Å². The van der Waals surface area contributed by atoms with Crippen molar-refractivity contribution in [1.29, 1.82) is 0 Å². The van der Waals surface area contributed by atoms with Crippen LogP contribution < -0.4 is 0 Å². The summed E-state index contributed by atoms with van der Waals surface area (Å²) < 4.78 is 0. The number of benzene rings is 2. The SMILES string of the molecule is Oc1ccc(C(Cc2ccc(Cl)cc2)=NCCc2ccccn2)c(O)c1. The van der Waals surface area contributed by atoms with Gasteiger partial charge in [0.2, 0.25) is 0 Å². The molecule has 1 heterocycles. The molecule has 2 N–H and O–H groups in total. The number of aliphatic imine (C=N–C) groups is 1. The van der Waals surface area contributed by atoms with Crippen molar-refractivity contribution in [3.8, 4) is 11.5 Å². The second-order valence-electron chi connectivity index (χ2n) is 5.90. The molecule has 1 aromatic heterocycles. The Morgan fingerprint density at radius 1 is 1.00 bits per heavy atom. The van der Waals surface area contributed by atoms with E-state index in [1.165, 1.54) is 6.07 Å². The number of aromatic nitrogens is 1. The fourth-order valence-corrected chi connectivity index (χ4v) is 2.77. The number of pyridine rings is 1. The lowest BCUT2D eigenvalue weighted by Gasteiger charge is -2.10. The lowest BCUT2D eigenvalue weighted by molar-refractivity contribution is 0.450. The monoisotopic (exact) mass is 366 g/mol. The molecule has 0 bridgehead atoms. The van der Waals surface area contributed by atoms with E-state index in [2.05, 4.69) is 4.98 Å². The van der Waals surface area contributed by atoms with Gasteiger partial charge in [-0.25, -0.2) is 0 Å². The quantitative estimate of drug-likeness (QED) is 0.634. The molecule has 0 saturated heterocycles. The maximum absolute atomic E-state index is 10.2. The smallest absolute Gasteiger partial charge is 0.128 e. The molecule has 0 amide bonds. The van der Waals surface area contributed by atoms with E-state index in [1.807, 2.05) is 42.5 Å². The second-order valence-corrected chi connectivity index (χ2v) is 6.34. The first-order chi connectivity index (χ1) is 12.6. The van der Waals surface area contributed by atoms with Crippen LogP contribution in [0.3, 0.4) is 0 Å². The van der Waals surface area contributed by atoms with Crippen molar-refractivity contribution in [2.24, 2.45) is 4.99 Å². The number of phenolic OH excluding ortho intramolecular Hbond substituents is 2. The molecule has 26 heavy (non-hydrogen) atoms. The van der Waals surface area contributed by atoms with Gasteiger partial charge in [-0.1, -0.05) is 29.8 Å². The predicted octanol–water partition coefficient (Wildman–Crippen LogP) is 4.42. The van der Waals surface area contributed by atoms with E-state index in [0.29, 0.717) is 30.0 Å². The van der Waals surface area contributed by atoms with Gasteiger partial charge < -0.3 is 10.2 Å². The Balaban J connectivity index is 1.84. The minimum atomic E-state index is 0.00977. The third-order valence-corrected chi connectivity index (χ3v) is 4.23. The zero-order valence-corrected chi connectivity index (χ0v) is 14.9. The van der Waals surface area contributed by atoms with Crippen molar-refractivity contribution in [3.05, 3.63) is 88.7 Å². The summed E-state index contributed by atoms with van der Waals surface area (Å²) in [6, 6.07) is 17.9. The molecule has 0 spiro atoms. The molecular formula is C21H19ClN2O2. The molecule has 5 heteroatoms. The van der Waals surface area contributed by atoms with Crippen LogP contribution >= 0.6 is 11.6 Å². The standard InChI is InChI=1S/C21H19ClN2O2/c22-16-6-4-15(5-7-16)13-20(19-9-8-18(25)14-21(19)26)24-12-10-17-3-1-2-11-23-17/h1-9,11,14,25-26H,10,12-13H2. The molecular weight excluding hydrogens is 348 g/mol. The highest BCUT2D eigenvalue weighted by atomic mass is 35.5. The van der Waals surface area contributed by atoms with Gasteiger partial charge in [0.1, 0.15) is 11.5 Å². The highest BCUT2D eigenvalue weighted by Gasteiger charge is 2.11. The summed E-state index contributed by atoms with van der Waals surface area (Å²) in [6.45, 7) is 0.556. The molecule has 0 unspecified atom stereocenters. The Morgan fingerprint density at radius 3 is 2.50 bits per heavy atom. The van der Waals surface area contributed by atoms with Gasteiger partial charge >= 0.3 is 0 Å². The highest BCUT2D eigenvalue weighted by molar-refractivity contribution is 6.30. The van der Waals surface area contributed by atoms with Gasteiger partial charge in [0, 0.05) is 47.9 Å². The summed E-state index contributed by atoms with van der Waals surface area (Å²) in [5.41, 5.74) is 3.37. The van der Waals surface area contributed by atoms with Crippen molar-refractivity contribution in [3.63, 3.8) is 0 Å². The fraction of sp³-hybridized carbons (Fsp3) is 0.143. The van der Waals surface area contributed by atoms with Crippen LogP contribution in [0.5, 0.6) is 11.5 Å². The van der Waals surface area contributed by atoms with E-state index in [9.17, 15) is 10.2 Å². The normalized spacial score (nSPS) is 11.5. The Morgan fingerprint density at radius 2 is 1.81 bits per heavy atom. The highest BCUT2D eigenvalue weighted by Crippen LogP contribution is 2.25. The Hall–Kier alpha value is -2.85. The van der Waals surface area contributed by atoms with Crippen LogP contribution in [0.15, 0.2) is 71.9 Å². The van der Waals surface area contributed by atoms with Crippen molar-refractivity contribution in [1.82, 2.24) is 4.98 Å². The predicted molar refractivity (Wildman–Crippen MR) is 104 cm³/mol. The van der Waals surface area contributed by atoms with E-state index in [4.69, 9.17) is 16.6 Å². The zero-order chi connectivity index (χ0) is 18.4. The van der Waals surface area contributed by atoms with Gasteiger partial charge in [0.15, 0.2) is 0 Å². The molecule has 0 aliphatic rings. The van der Waals surface area contributed by atoms with E-state index in [1.54, 1.807) is 18.3 Å². The number of phenols is 2. The van der Waals surface area contributed by atoms with Crippen LogP contribution in [-0.4, -0.2) is 27.5 Å². The summed E-state index contributed by atoms with van der Waals surface area (Å²) in [6.07, 6.45) is 3.03. The second kappa shape index (κ2) is 8.50. The lowest BCUT2D eigenvalue weighted by atomic mass is 10.0. The van der Waals surface area contributed by atoms with Gasteiger partial charge in [-0.15, -0.1) is 0 Å². The molecule has 3 aromatic rings. The average Bonchev–Trinajstić information content (AvgIpc) is 2.64. The molecule has 0 saturated carbocycles. The molecule has 3 rings (SSSR count). The zero-order valence-electron chi connectivity index (χ0n) is 14.1. The summed E-state index contributed by atoms with van der Waals surface area (Å²) in [5, 5.41) is 20.4. The van der Waals surface area contributed by atoms with Crippen LogP contribution in [0.2, 0.25) is 5.02 Å². The van der Waals surface area contributed by atoms with Gasteiger partial charge in [-0.2, -0.15) is 0 Å². The number of hydrogen-bond acceptors (Lipinski definition) is 4. The average molecular weight is 367 g/mol. The molecule has 0 radical (unpaired) electrons. The Bertz CT molecular complexity index is 894. The first-order valence-corrected chi connectivity index (χ1v) is 8.69. The number of rotatable bonds is 6. The molecule has 0 aliphatic carbocycles. The first-order valence-electron chi connectivity index (χ1n) is 8.32. The maximum Gasteiger partial charge on any atom is 0.128 e. The topological polar surface area (TPSA) is 65.7 Å². The third-order valence-electron chi connectivity index (χ3n) is 3.97. The van der Waals surface area contributed by atoms with Crippen molar-refractivity contribution in [2.45, 2.75) is 12.8 Å². The molecule has 132 valence electrons. The molecule has 4 nitrogen and oxygen atoms in total. The van der Waals surface area contributed by atoms with Gasteiger partial charge in [-0.05, 0) is 42.0 Å². The van der Waals surface area contributed by atoms with Gasteiger partial charge in [-0.3, -0.25) is 9.98 Å². The van der Waals surface area contributed by atoms with Crippen LogP contribution in [0.25, 0.3) is 0 Å². The number of halogens is 1. The number of aromatic hydroxyl groups is 2. The summed E-state index contributed by atoms with van der Waals surface area (Å²) in [4.78, 5) is 9.00. The largest absolute Gasteiger partial charge is 0.508 e. The minimum absolute atomic E-state index is 0.00977. The van der Waals surface area contributed by atoms with Crippen molar-refractivity contribution in [2.75, 3.05) is 6.54 Å². The summed E-state index contributed by atoms with van der Waals surface area (Å²) >= 11 is 5.95. The van der Waals surface area contributed by atoms with E-state index < -0.39 is 0 Å². The molecule has 2 aromatic carbocycles. The van der Waals surface area contributed by atoms with Crippen molar-refractivity contribution >= 4 is 17.3 Å². The lowest BCUT2D eigenvalue weighted by Crippen LogP contribution is -2.08. The molecule has 0 atom stereocenters. The van der Waals surface area contributed by atoms with E-state index in [0.717, 1.165) is 17.0 Å². The number of hydrogen-bond donors (Lipinski definition) is 2. The van der Waals surface area contributed by atoms with Crippen molar-refractivity contribution < 1.29 is 10.2 Å². The molecule has 0 fully saturated rings. The number of nitrogens with zero attached hydrogens (tertiary/aromatic N) is 2. The summed E-state index contributed by atoms with van der Waals surface area (Å²) in [7, 11) is 0. The minimum Gasteiger partial charge on any atom is -0.508 e. The van der Waals surface area contributed by atoms with Crippen LogP contribution in [0, 0.1) is 0 Å². The van der Waals surface area contributed by atoms with Crippen LogP contribution in [0.4, 0.5) is 0 Å².